The maximum absolute atomic E-state index is 9.69. The Labute approximate surface area is 120 Å². The molecule has 2 rings (SSSR count). The summed E-state index contributed by atoms with van der Waals surface area (Å²) in [7, 11) is 0. The summed E-state index contributed by atoms with van der Waals surface area (Å²) < 4.78 is 0. The van der Waals surface area contributed by atoms with Crippen molar-refractivity contribution in [3.8, 4) is 0 Å². The molecule has 1 fully saturated rings. The molecule has 1 atom stereocenters. The quantitative estimate of drug-likeness (QED) is 0.866. The highest BCUT2D eigenvalue weighted by Crippen LogP contribution is 2.19. The minimum Gasteiger partial charge on any atom is -0.392 e. The Bertz CT molecular complexity index is 372. The van der Waals surface area contributed by atoms with Gasteiger partial charge in [-0.15, -0.1) is 11.3 Å². The second-order valence-corrected chi connectivity index (χ2v) is 6.61. The van der Waals surface area contributed by atoms with E-state index in [1.807, 2.05) is 18.3 Å². The van der Waals surface area contributed by atoms with Crippen LogP contribution in [0.1, 0.15) is 30.0 Å². The smallest absolute Gasteiger partial charge is 0.0664 e. The molecule has 108 valence electrons. The molecular weight excluding hydrogens is 256 g/mol. The average molecular weight is 282 g/mol. The molecule has 0 saturated carbocycles. The molecule has 1 saturated heterocycles. The summed E-state index contributed by atoms with van der Waals surface area (Å²) in [6.07, 6.45) is 1.85. The molecule has 4 heteroatoms. The number of rotatable bonds is 6. The van der Waals surface area contributed by atoms with Crippen molar-refractivity contribution in [2.45, 2.75) is 39.3 Å². The summed E-state index contributed by atoms with van der Waals surface area (Å²) >= 11 is 1.95. The van der Waals surface area contributed by atoms with Crippen LogP contribution >= 0.6 is 11.3 Å². The molecule has 0 spiro atoms. The Morgan fingerprint density at radius 3 is 2.32 bits per heavy atom. The molecule has 1 aliphatic rings. The van der Waals surface area contributed by atoms with Crippen LogP contribution in [-0.2, 0) is 13.0 Å². The second kappa shape index (κ2) is 7.39. The van der Waals surface area contributed by atoms with Crippen molar-refractivity contribution in [1.82, 2.24) is 9.80 Å². The van der Waals surface area contributed by atoms with Crippen LogP contribution < -0.4 is 0 Å². The van der Waals surface area contributed by atoms with E-state index in [2.05, 4.69) is 28.9 Å². The van der Waals surface area contributed by atoms with E-state index in [1.165, 1.54) is 9.75 Å². The molecule has 3 nitrogen and oxygen atoms in total. The maximum Gasteiger partial charge on any atom is 0.0664 e. The van der Waals surface area contributed by atoms with Crippen molar-refractivity contribution in [1.29, 1.82) is 0 Å². The van der Waals surface area contributed by atoms with E-state index in [0.29, 0.717) is 0 Å². The average Bonchev–Trinajstić information content (AvgIpc) is 2.88. The van der Waals surface area contributed by atoms with E-state index in [9.17, 15) is 5.11 Å². The lowest BCUT2D eigenvalue weighted by Crippen LogP contribution is -2.47. The van der Waals surface area contributed by atoms with Gasteiger partial charge in [-0.25, -0.2) is 0 Å². The van der Waals surface area contributed by atoms with Crippen molar-refractivity contribution in [3.05, 3.63) is 21.9 Å². The van der Waals surface area contributed by atoms with Gasteiger partial charge < -0.3 is 5.11 Å². The fourth-order valence-electron chi connectivity index (χ4n) is 2.47. The van der Waals surface area contributed by atoms with E-state index in [4.69, 9.17) is 0 Å². The summed E-state index contributed by atoms with van der Waals surface area (Å²) in [6.45, 7) is 10.6. The zero-order chi connectivity index (χ0) is 13.7. The van der Waals surface area contributed by atoms with Gasteiger partial charge in [0.25, 0.3) is 0 Å². The van der Waals surface area contributed by atoms with E-state index in [-0.39, 0.29) is 6.10 Å². The minimum absolute atomic E-state index is 0.157. The summed E-state index contributed by atoms with van der Waals surface area (Å²) in [4.78, 5) is 7.88. The first-order chi connectivity index (χ1) is 9.21. The van der Waals surface area contributed by atoms with Gasteiger partial charge in [0, 0.05) is 49.0 Å². The van der Waals surface area contributed by atoms with Gasteiger partial charge >= 0.3 is 0 Å². The number of aliphatic hydroxyl groups is 1. The van der Waals surface area contributed by atoms with E-state index in [0.717, 1.165) is 52.1 Å². The molecule has 0 amide bonds. The topological polar surface area (TPSA) is 26.7 Å². The van der Waals surface area contributed by atoms with E-state index < -0.39 is 0 Å². The first-order valence-electron chi connectivity index (χ1n) is 7.41. The van der Waals surface area contributed by atoms with Gasteiger partial charge in [-0.3, -0.25) is 9.80 Å². The third-order valence-corrected chi connectivity index (χ3v) is 5.06. The van der Waals surface area contributed by atoms with Crippen LogP contribution in [0.5, 0.6) is 0 Å². The molecular formula is C15H26N2OS. The SMILES string of the molecule is CCc1ccc(CN2CCN(CC(O)CC)CC2)s1. The molecule has 1 aromatic heterocycles. The minimum atomic E-state index is -0.157. The molecule has 19 heavy (non-hydrogen) atoms. The highest BCUT2D eigenvalue weighted by Gasteiger charge is 2.18. The Kier molecular flexibility index (Phi) is 5.82. The van der Waals surface area contributed by atoms with E-state index in [1.54, 1.807) is 0 Å². The molecule has 0 aromatic carbocycles. The van der Waals surface area contributed by atoms with Crippen LogP contribution in [0.15, 0.2) is 12.1 Å². The molecule has 0 bridgehead atoms. The number of aryl methyl sites for hydroxylation is 1. The summed E-state index contributed by atoms with van der Waals surface area (Å²) in [5, 5.41) is 9.69. The standard InChI is InChI=1S/C15H26N2OS/c1-3-13(18)11-16-7-9-17(10-8-16)12-15-6-5-14(4-2)19-15/h5-6,13,18H,3-4,7-12H2,1-2H3. The fourth-order valence-corrected chi connectivity index (χ4v) is 3.48. The fraction of sp³-hybridized carbons (Fsp3) is 0.733. The largest absolute Gasteiger partial charge is 0.392 e. The first kappa shape index (κ1) is 15.0. The van der Waals surface area contributed by atoms with Crippen molar-refractivity contribution in [3.63, 3.8) is 0 Å². The maximum atomic E-state index is 9.69. The molecule has 1 aromatic rings. The number of hydrogen-bond donors (Lipinski definition) is 1. The number of thiophene rings is 1. The van der Waals surface area contributed by atoms with Crippen LogP contribution in [0, 0.1) is 0 Å². The summed E-state index contributed by atoms with van der Waals surface area (Å²) in [5.41, 5.74) is 0. The lowest BCUT2D eigenvalue weighted by molar-refractivity contribution is 0.0690. The molecule has 0 aliphatic carbocycles. The van der Waals surface area contributed by atoms with Crippen molar-refractivity contribution in [2.75, 3.05) is 32.7 Å². The highest BCUT2D eigenvalue weighted by molar-refractivity contribution is 7.11. The molecule has 1 unspecified atom stereocenters. The van der Waals surface area contributed by atoms with Crippen LogP contribution in [-0.4, -0.2) is 53.7 Å². The Balaban J connectivity index is 1.74. The van der Waals surface area contributed by atoms with Gasteiger partial charge in [0.05, 0.1) is 6.10 Å². The van der Waals surface area contributed by atoms with Crippen LogP contribution in [0.3, 0.4) is 0 Å². The number of hydrogen-bond acceptors (Lipinski definition) is 4. The predicted molar refractivity (Wildman–Crippen MR) is 81.7 cm³/mol. The van der Waals surface area contributed by atoms with Gasteiger partial charge in [-0.2, -0.15) is 0 Å². The highest BCUT2D eigenvalue weighted by atomic mass is 32.1. The third kappa shape index (κ3) is 4.56. The number of aliphatic hydroxyl groups excluding tert-OH is 1. The summed E-state index contributed by atoms with van der Waals surface area (Å²) in [5.74, 6) is 0. The second-order valence-electron chi connectivity index (χ2n) is 5.36. The Morgan fingerprint density at radius 2 is 1.74 bits per heavy atom. The zero-order valence-corrected chi connectivity index (χ0v) is 13.0. The zero-order valence-electron chi connectivity index (χ0n) is 12.1. The lowest BCUT2D eigenvalue weighted by Gasteiger charge is -2.35. The molecule has 1 aliphatic heterocycles. The normalized spacial score (nSPS) is 19.7. The van der Waals surface area contributed by atoms with Gasteiger partial charge in [-0.1, -0.05) is 13.8 Å². The molecule has 1 N–H and O–H groups in total. The predicted octanol–water partition coefficient (Wildman–Crippen LogP) is 2.20. The third-order valence-electron chi connectivity index (χ3n) is 3.85. The monoisotopic (exact) mass is 282 g/mol. The van der Waals surface area contributed by atoms with Crippen LogP contribution in [0.4, 0.5) is 0 Å². The number of piperazine rings is 1. The van der Waals surface area contributed by atoms with Crippen molar-refractivity contribution >= 4 is 11.3 Å². The molecule has 2 heterocycles. The Hall–Kier alpha value is -0.420. The van der Waals surface area contributed by atoms with Gasteiger partial charge in [0.1, 0.15) is 0 Å². The summed E-state index contributed by atoms with van der Waals surface area (Å²) in [6, 6.07) is 4.53. The van der Waals surface area contributed by atoms with Gasteiger partial charge in [0.15, 0.2) is 0 Å². The van der Waals surface area contributed by atoms with Gasteiger partial charge in [0.2, 0.25) is 0 Å². The lowest BCUT2D eigenvalue weighted by atomic mass is 10.2. The van der Waals surface area contributed by atoms with Crippen LogP contribution in [0.2, 0.25) is 0 Å². The first-order valence-corrected chi connectivity index (χ1v) is 8.23. The van der Waals surface area contributed by atoms with Crippen molar-refractivity contribution < 1.29 is 5.11 Å². The Morgan fingerprint density at radius 1 is 1.11 bits per heavy atom. The van der Waals surface area contributed by atoms with Crippen LogP contribution in [0.25, 0.3) is 0 Å². The molecule has 0 radical (unpaired) electrons. The van der Waals surface area contributed by atoms with Crippen molar-refractivity contribution in [2.24, 2.45) is 0 Å². The van der Waals surface area contributed by atoms with Gasteiger partial charge in [-0.05, 0) is 25.0 Å². The number of nitrogens with zero attached hydrogens (tertiary/aromatic N) is 2. The number of β-amino-alcohol motifs (C(OH)–C–C–N with tert-alkyl or cyclic N) is 1. The van der Waals surface area contributed by atoms with E-state index >= 15 is 0 Å².